The standard InChI is InChI=1S/C17H19NO3/c1-12-7-8-16(15(9-12)17(20)21)18-14(11-19)10-13-5-3-2-4-6-13/h2-9,14,18-19H,10-11H2,1H3,(H,20,21). The summed E-state index contributed by atoms with van der Waals surface area (Å²) >= 11 is 0. The fraction of sp³-hybridized carbons (Fsp3) is 0.235. The molecule has 0 heterocycles. The predicted octanol–water partition coefficient (Wildman–Crippen LogP) is 2.71. The van der Waals surface area contributed by atoms with Crippen molar-refractivity contribution in [3.63, 3.8) is 0 Å². The lowest BCUT2D eigenvalue weighted by molar-refractivity contribution is 0.0697. The lowest BCUT2D eigenvalue weighted by atomic mass is 10.0. The van der Waals surface area contributed by atoms with E-state index in [1.165, 1.54) is 0 Å². The third kappa shape index (κ3) is 4.07. The molecule has 0 saturated carbocycles. The summed E-state index contributed by atoms with van der Waals surface area (Å²) in [6.07, 6.45) is 0.629. The molecule has 0 aliphatic carbocycles. The molecule has 0 aliphatic rings. The molecule has 0 bridgehead atoms. The quantitative estimate of drug-likeness (QED) is 0.763. The Labute approximate surface area is 124 Å². The van der Waals surface area contributed by atoms with Crippen LogP contribution >= 0.6 is 0 Å². The fourth-order valence-electron chi connectivity index (χ4n) is 2.24. The van der Waals surface area contributed by atoms with Crippen LogP contribution in [-0.4, -0.2) is 28.8 Å². The Morgan fingerprint density at radius 3 is 2.52 bits per heavy atom. The maximum absolute atomic E-state index is 11.3. The summed E-state index contributed by atoms with van der Waals surface area (Å²) in [5.74, 6) is -0.974. The highest BCUT2D eigenvalue weighted by atomic mass is 16.4. The van der Waals surface area contributed by atoms with Gasteiger partial charge in [-0.05, 0) is 31.0 Å². The average molecular weight is 285 g/mol. The van der Waals surface area contributed by atoms with Crippen molar-refractivity contribution in [2.45, 2.75) is 19.4 Å². The number of hydrogen-bond donors (Lipinski definition) is 3. The van der Waals surface area contributed by atoms with Gasteiger partial charge in [-0.2, -0.15) is 0 Å². The summed E-state index contributed by atoms with van der Waals surface area (Å²) in [5, 5.41) is 21.9. The van der Waals surface area contributed by atoms with Crippen molar-refractivity contribution in [1.29, 1.82) is 0 Å². The van der Waals surface area contributed by atoms with Crippen molar-refractivity contribution in [1.82, 2.24) is 0 Å². The molecule has 2 aromatic rings. The van der Waals surface area contributed by atoms with Gasteiger partial charge in [0.25, 0.3) is 0 Å². The molecule has 0 aromatic heterocycles. The second-order valence-electron chi connectivity index (χ2n) is 5.07. The monoisotopic (exact) mass is 285 g/mol. The maximum Gasteiger partial charge on any atom is 0.337 e. The fourth-order valence-corrected chi connectivity index (χ4v) is 2.24. The lowest BCUT2D eigenvalue weighted by Crippen LogP contribution is -2.27. The van der Waals surface area contributed by atoms with E-state index in [4.69, 9.17) is 0 Å². The second-order valence-corrected chi connectivity index (χ2v) is 5.07. The largest absolute Gasteiger partial charge is 0.478 e. The van der Waals surface area contributed by atoms with Gasteiger partial charge in [0, 0.05) is 5.69 Å². The van der Waals surface area contributed by atoms with Crippen molar-refractivity contribution in [2.24, 2.45) is 0 Å². The van der Waals surface area contributed by atoms with Gasteiger partial charge >= 0.3 is 5.97 Å². The molecule has 1 unspecified atom stereocenters. The first-order valence-corrected chi connectivity index (χ1v) is 6.85. The summed E-state index contributed by atoms with van der Waals surface area (Å²) < 4.78 is 0. The zero-order chi connectivity index (χ0) is 15.2. The number of carboxylic acids is 1. The summed E-state index contributed by atoms with van der Waals surface area (Å²) in [6.45, 7) is 1.78. The molecule has 0 radical (unpaired) electrons. The number of benzene rings is 2. The molecule has 21 heavy (non-hydrogen) atoms. The summed E-state index contributed by atoms with van der Waals surface area (Å²) in [7, 11) is 0. The molecule has 0 spiro atoms. The van der Waals surface area contributed by atoms with Crippen molar-refractivity contribution >= 4 is 11.7 Å². The lowest BCUT2D eigenvalue weighted by Gasteiger charge is -2.19. The average Bonchev–Trinajstić information content (AvgIpc) is 2.49. The molecule has 110 valence electrons. The Balaban J connectivity index is 2.17. The number of nitrogens with one attached hydrogen (secondary N) is 1. The molecule has 4 nitrogen and oxygen atoms in total. The summed E-state index contributed by atoms with van der Waals surface area (Å²) in [4.78, 5) is 11.3. The normalized spacial score (nSPS) is 11.9. The van der Waals surface area contributed by atoms with Gasteiger partial charge in [0.05, 0.1) is 18.2 Å². The minimum absolute atomic E-state index is 0.0676. The Morgan fingerprint density at radius 2 is 1.90 bits per heavy atom. The van der Waals surface area contributed by atoms with Gasteiger partial charge < -0.3 is 15.5 Å². The number of aliphatic hydroxyl groups excluding tert-OH is 1. The van der Waals surface area contributed by atoms with Crippen LogP contribution < -0.4 is 5.32 Å². The number of carboxylic acid groups (broad SMARTS) is 1. The summed E-state index contributed by atoms with van der Waals surface area (Å²) in [6, 6.07) is 14.8. The van der Waals surface area contributed by atoms with Crippen LogP contribution in [0, 0.1) is 6.92 Å². The van der Waals surface area contributed by atoms with Crippen molar-refractivity contribution in [2.75, 3.05) is 11.9 Å². The number of rotatable bonds is 6. The van der Waals surface area contributed by atoms with Gasteiger partial charge in [0.1, 0.15) is 0 Å². The number of aromatic carboxylic acids is 1. The zero-order valence-electron chi connectivity index (χ0n) is 11.9. The molecule has 0 fully saturated rings. The zero-order valence-corrected chi connectivity index (χ0v) is 11.9. The Kier molecular flexibility index (Phi) is 4.95. The van der Waals surface area contributed by atoms with E-state index >= 15 is 0 Å². The van der Waals surface area contributed by atoms with Crippen LogP contribution in [0.4, 0.5) is 5.69 Å². The highest BCUT2D eigenvalue weighted by Crippen LogP contribution is 2.19. The Hall–Kier alpha value is -2.33. The van der Waals surface area contributed by atoms with E-state index in [9.17, 15) is 15.0 Å². The van der Waals surface area contributed by atoms with Crippen LogP contribution in [0.2, 0.25) is 0 Å². The smallest absolute Gasteiger partial charge is 0.337 e. The first kappa shape index (κ1) is 15.1. The van der Waals surface area contributed by atoms with E-state index in [0.29, 0.717) is 12.1 Å². The second kappa shape index (κ2) is 6.90. The van der Waals surface area contributed by atoms with Crippen LogP contribution in [0.25, 0.3) is 0 Å². The van der Waals surface area contributed by atoms with E-state index in [0.717, 1.165) is 11.1 Å². The topological polar surface area (TPSA) is 69.6 Å². The number of anilines is 1. The molecule has 4 heteroatoms. The van der Waals surface area contributed by atoms with Gasteiger partial charge in [0.15, 0.2) is 0 Å². The Morgan fingerprint density at radius 1 is 1.19 bits per heavy atom. The molecule has 2 aromatic carbocycles. The molecular formula is C17H19NO3. The third-order valence-electron chi connectivity index (χ3n) is 3.31. The SMILES string of the molecule is Cc1ccc(NC(CO)Cc2ccccc2)c(C(=O)O)c1. The minimum Gasteiger partial charge on any atom is -0.478 e. The van der Waals surface area contributed by atoms with Crippen LogP contribution in [0.5, 0.6) is 0 Å². The van der Waals surface area contributed by atoms with Crippen LogP contribution in [0.3, 0.4) is 0 Å². The van der Waals surface area contributed by atoms with Gasteiger partial charge in [-0.25, -0.2) is 4.79 Å². The predicted molar refractivity (Wildman–Crippen MR) is 82.8 cm³/mol. The molecule has 3 N–H and O–H groups in total. The third-order valence-corrected chi connectivity index (χ3v) is 3.31. The molecule has 0 amide bonds. The van der Waals surface area contributed by atoms with E-state index in [-0.39, 0.29) is 18.2 Å². The number of aryl methyl sites for hydroxylation is 1. The molecule has 0 aliphatic heterocycles. The maximum atomic E-state index is 11.3. The summed E-state index contributed by atoms with van der Waals surface area (Å²) in [5.41, 5.74) is 2.74. The van der Waals surface area contributed by atoms with Gasteiger partial charge in [-0.1, -0.05) is 42.0 Å². The highest BCUT2D eigenvalue weighted by molar-refractivity contribution is 5.94. The van der Waals surface area contributed by atoms with Crippen LogP contribution in [-0.2, 0) is 6.42 Å². The Bertz CT molecular complexity index is 611. The minimum atomic E-state index is -0.974. The number of aliphatic hydroxyl groups is 1. The molecule has 1 atom stereocenters. The molecule has 2 rings (SSSR count). The first-order valence-electron chi connectivity index (χ1n) is 6.85. The van der Waals surface area contributed by atoms with E-state index in [1.807, 2.05) is 43.3 Å². The van der Waals surface area contributed by atoms with Crippen molar-refractivity contribution in [3.8, 4) is 0 Å². The molecular weight excluding hydrogens is 266 g/mol. The van der Waals surface area contributed by atoms with E-state index < -0.39 is 5.97 Å². The molecule has 0 saturated heterocycles. The van der Waals surface area contributed by atoms with Crippen molar-refractivity contribution < 1.29 is 15.0 Å². The number of hydrogen-bond acceptors (Lipinski definition) is 3. The first-order chi connectivity index (χ1) is 10.1. The van der Waals surface area contributed by atoms with E-state index in [2.05, 4.69) is 5.32 Å². The van der Waals surface area contributed by atoms with Gasteiger partial charge in [-0.3, -0.25) is 0 Å². The number of carbonyl (C=O) groups is 1. The van der Waals surface area contributed by atoms with Crippen molar-refractivity contribution in [3.05, 3.63) is 65.2 Å². The van der Waals surface area contributed by atoms with E-state index in [1.54, 1.807) is 12.1 Å². The highest BCUT2D eigenvalue weighted by Gasteiger charge is 2.14. The van der Waals surface area contributed by atoms with Gasteiger partial charge in [-0.15, -0.1) is 0 Å². The van der Waals surface area contributed by atoms with Crippen LogP contribution in [0.15, 0.2) is 48.5 Å². The van der Waals surface area contributed by atoms with Gasteiger partial charge in [0.2, 0.25) is 0 Å². The van der Waals surface area contributed by atoms with Crippen LogP contribution in [0.1, 0.15) is 21.5 Å².